The topological polar surface area (TPSA) is 24.9 Å². The summed E-state index contributed by atoms with van der Waals surface area (Å²) in [7, 11) is 1.94. The van der Waals surface area contributed by atoms with Crippen molar-refractivity contribution in [1.82, 2.24) is 4.98 Å². The minimum Gasteiger partial charge on any atom is -0.387 e. The van der Waals surface area contributed by atoms with Gasteiger partial charge in [-0.15, -0.1) is 11.8 Å². The molecule has 0 atom stereocenters. The minimum absolute atomic E-state index is 0.222. The highest BCUT2D eigenvalue weighted by Gasteiger charge is 2.27. The molecule has 1 aliphatic carbocycles. The third-order valence-corrected chi connectivity index (χ3v) is 4.66. The van der Waals surface area contributed by atoms with Crippen molar-refractivity contribution in [3.63, 3.8) is 0 Å². The molecule has 1 aromatic heterocycles. The fraction of sp³-hybridized carbons (Fsp3) is 0.312. The molecule has 1 aliphatic rings. The van der Waals surface area contributed by atoms with Crippen molar-refractivity contribution in [2.45, 2.75) is 29.4 Å². The monoisotopic (exact) mass is 288 g/mol. The molecule has 20 heavy (non-hydrogen) atoms. The molecule has 0 bridgehead atoms. The number of pyridine rings is 1. The van der Waals surface area contributed by atoms with Crippen molar-refractivity contribution in [2.75, 3.05) is 12.4 Å². The second kappa shape index (κ2) is 5.83. The highest BCUT2D eigenvalue weighted by molar-refractivity contribution is 7.98. The van der Waals surface area contributed by atoms with E-state index in [1.807, 2.05) is 7.05 Å². The Morgan fingerprint density at radius 1 is 1.35 bits per heavy atom. The van der Waals surface area contributed by atoms with E-state index in [0.29, 0.717) is 11.7 Å². The van der Waals surface area contributed by atoms with Gasteiger partial charge in [-0.2, -0.15) is 0 Å². The van der Waals surface area contributed by atoms with Gasteiger partial charge in [0.2, 0.25) is 0 Å². The molecule has 3 rings (SSSR count). The molecule has 0 amide bonds. The molecular formula is C16H17FN2S. The van der Waals surface area contributed by atoms with Crippen LogP contribution in [-0.4, -0.2) is 12.0 Å². The molecule has 1 fully saturated rings. The number of nitrogens with one attached hydrogen (secondary N) is 1. The van der Waals surface area contributed by atoms with Crippen LogP contribution in [0.5, 0.6) is 0 Å². The Morgan fingerprint density at radius 2 is 2.20 bits per heavy atom. The molecule has 0 spiro atoms. The molecule has 0 saturated heterocycles. The Kier molecular flexibility index (Phi) is 3.92. The molecule has 2 nitrogen and oxygen atoms in total. The number of benzene rings is 1. The fourth-order valence-corrected chi connectivity index (χ4v) is 3.48. The summed E-state index contributed by atoms with van der Waals surface area (Å²) in [6.45, 7) is 0. The molecule has 0 aliphatic heterocycles. The third kappa shape index (κ3) is 2.96. The number of aromatic nitrogens is 1. The Morgan fingerprint density at radius 3 is 2.90 bits per heavy atom. The lowest BCUT2D eigenvalue weighted by Crippen LogP contribution is -1.96. The van der Waals surface area contributed by atoms with E-state index in [9.17, 15) is 4.39 Å². The summed E-state index contributed by atoms with van der Waals surface area (Å²) < 4.78 is 13.2. The van der Waals surface area contributed by atoms with E-state index in [2.05, 4.69) is 28.5 Å². The van der Waals surface area contributed by atoms with Crippen molar-refractivity contribution in [2.24, 2.45) is 0 Å². The van der Waals surface area contributed by atoms with Gasteiger partial charge < -0.3 is 5.32 Å². The van der Waals surface area contributed by atoms with Crippen molar-refractivity contribution in [3.8, 4) is 0 Å². The largest absolute Gasteiger partial charge is 0.387 e. The first-order chi connectivity index (χ1) is 9.78. The van der Waals surface area contributed by atoms with Crippen LogP contribution in [0.25, 0.3) is 0 Å². The number of rotatable bonds is 5. The van der Waals surface area contributed by atoms with E-state index in [4.69, 9.17) is 0 Å². The lowest BCUT2D eigenvalue weighted by Gasteiger charge is -2.13. The first-order valence-corrected chi connectivity index (χ1v) is 7.80. The lowest BCUT2D eigenvalue weighted by molar-refractivity contribution is 0.623. The Hall–Kier alpha value is -1.55. The van der Waals surface area contributed by atoms with E-state index in [0.717, 1.165) is 11.4 Å². The number of thioether (sulfide) groups is 1. The summed E-state index contributed by atoms with van der Waals surface area (Å²) in [4.78, 5) is 5.50. The first-order valence-electron chi connectivity index (χ1n) is 6.82. The number of halogens is 1. The molecule has 0 radical (unpaired) electrons. The number of hydrogen-bond acceptors (Lipinski definition) is 3. The zero-order chi connectivity index (χ0) is 13.9. The second-order valence-electron chi connectivity index (χ2n) is 5.00. The van der Waals surface area contributed by atoms with E-state index in [1.165, 1.54) is 41.6 Å². The van der Waals surface area contributed by atoms with E-state index >= 15 is 0 Å². The van der Waals surface area contributed by atoms with Gasteiger partial charge in [0.25, 0.3) is 0 Å². The SMILES string of the molecule is CNc1cccc(C2CC2)c1SCc1cc(F)ccn1. The molecule has 104 valence electrons. The van der Waals surface area contributed by atoms with Crippen molar-refractivity contribution in [3.05, 3.63) is 53.6 Å². The Balaban J connectivity index is 1.82. The second-order valence-corrected chi connectivity index (χ2v) is 5.99. The summed E-state index contributed by atoms with van der Waals surface area (Å²) >= 11 is 1.74. The lowest BCUT2D eigenvalue weighted by atomic mass is 10.1. The van der Waals surface area contributed by atoms with Crippen LogP contribution in [0.2, 0.25) is 0 Å². The van der Waals surface area contributed by atoms with Crippen LogP contribution in [0.15, 0.2) is 41.4 Å². The van der Waals surface area contributed by atoms with Crippen LogP contribution in [-0.2, 0) is 5.75 Å². The molecule has 1 heterocycles. The molecule has 2 aromatic rings. The van der Waals surface area contributed by atoms with Crippen LogP contribution in [0, 0.1) is 5.82 Å². The zero-order valence-electron chi connectivity index (χ0n) is 11.4. The molecule has 0 unspecified atom stereocenters. The summed E-state index contributed by atoms with van der Waals surface area (Å²) in [5, 5.41) is 3.25. The maximum absolute atomic E-state index is 13.2. The van der Waals surface area contributed by atoms with Crippen molar-refractivity contribution >= 4 is 17.4 Å². The van der Waals surface area contributed by atoms with Crippen LogP contribution in [0.1, 0.15) is 30.0 Å². The first kappa shape index (κ1) is 13.4. The summed E-state index contributed by atoms with van der Waals surface area (Å²) in [6, 6.07) is 9.29. The Labute approximate surface area is 122 Å². The predicted molar refractivity (Wildman–Crippen MR) is 81.7 cm³/mol. The quantitative estimate of drug-likeness (QED) is 0.824. The molecular weight excluding hydrogens is 271 g/mol. The summed E-state index contributed by atoms with van der Waals surface area (Å²) in [5.41, 5.74) is 3.34. The van der Waals surface area contributed by atoms with Gasteiger partial charge in [0.15, 0.2) is 0 Å². The van der Waals surface area contributed by atoms with Crippen LogP contribution >= 0.6 is 11.8 Å². The van der Waals surface area contributed by atoms with E-state index in [1.54, 1.807) is 11.8 Å². The van der Waals surface area contributed by atoms with Crippen molar-refractivity contribution < 1.29 is 4.39 Å². The van der Waals surface area contributed by atoms with Gasteiger partial charge in [-0.05, 0) is 42.5 Å². The molecule has 1 aromatic carbocycles. The summed E-state index contributed by atoms with van der Waals surface area (Å²) in [5.74, 6) is 1.17. The Bertz CT molecular complexity index is 611. The highest BCUT2D eigenvalue weighted by atomic mass is 32.2. The smallest absolute Gasteiger partial charge is 0.126 e. The van der Waals surface area contributed by atoms with Gasteiger partial charge in [0.1, 0.15) is 5.82 Å². The maximum atomic E-state index is 13.2. The van der Waals surface area contributed by atoms with Gasteiger partial charge in [0.05, 0.1) is 5.69 Å². The highest BCUT2D eigenvalue weighted by Crippen LogP contribution is 2.46. The van der Waals surface area contributed by atoms with Crippen molar-refractivity contribution in [1.29, 1.82) is 0 Å². The number of anilines is 1. The summed E-state index contributed by atoms with van der Waals surface area (Å²) in [6.07, 6.45) is 4.08. The number of nitrogens with zero attached hydrogens (tertiary/aromatic N) is 1. The van der Waals surface area contributed by atoms with Crippen LogP contribution < -0.4 is 5.32 Å². The minimum atomic E-state index is -0.222. The molecule has 4 heteroatoms. The van der Waals surface area contributed by atoms with Crippen LogP contribution in [0.4, 0.5) is 10.1 Å². The number of hydrogen-bond donors (Lipinski definition) is 1. The van der Waals surface area contributed by atoms with Gasteiger partial charge in [-0.25, -0.2) is 4.39 Å². The predicted octanol–water partition coefficient (Wildman–Crippen LogP) is 4.43. The maximum Gasteiger partial charge on any atom is 0.126 e. The normalized spacial score (nSPS) is 14.3. The van der Waals surface area contributed by atoms with E-state index in [-0.39, 0.29) is 5.82 Å². The third-order valence-electron chi connectivity index (χ3n) is 3.48. The fourth-order valence-electron chi connectivity index (χ4n) is 2.30. The average molecular weight is 288 g/mol. The van der Waals surface area contributed by atoms with E-state index < -0.39 is 0 Å². The standard InChI is InChI=1S/C16H17FN2S/c1-18-15-4-2-3-14(11-5-6-11)16(15)20-10-13-9-12(17)7-8-19-13/h2-4,7-9,11,18H,5-6,10H2,1H3. The van der Waals surface area contributed by atoms with Gasteiger partial charge >= 0.3 is 0 Å². The van der Waals surface area contributed by atoms with Gasteiger partial charge in [-0.1, -0.05) is 12.1 Å². The van der Waals surface area contributed by atoms with Gasteiger partial charge in [0, 0.05) is 29.6 Å². The molecule has 1 saturated carbocycles. The molecule has 1 N–H and O–H groups in total. The average Bonchev–Trinajstić information content (AvgIpc) is 3.29. The van der Waals surface area contributed by atoms with Crippen LogP contribution in [0.3, 0.4) is 0 Å². The zero-order valence-corrected chi connectivity index (χ0v) is 12.2. The van der Waals surface area contributed by atoms with Gasteiger partial charge in [-0.3, -0.25) is 4.98 Å².